The lowest BCUT2D eigenvalue weighted by molar-refractivity contribution is -0.120. The van der Waals surface area contributed by atoms with E-state index in [2.05, 4.69) is 10.6 Å². The molecule has 4 nitrogen and oxygen atoms in total. The fraction of sp³-hybridized carbons (Fsp3) is 0.150. The maximum absolute atomic E-state index is 12.2. The zero-order valence-corrected chi connectivity index (χ0v) is 14.4. The van der Waals surface area contributed by atoms with Gasteiger partial charge in [0.1, 0.15) is 5.76 Å². The highest BCUT2D eigenvalue weighted by Crippen LogP contribution is 2.22. The molecule has 0 saturated heterocycles. The van der Waals surface area contributed by atoms with Crippen LogP contribution in [0.5, 0.6) is 0 Å². The quantitative estimate of drug-likeness (QED) is 0.676. The van der Waals surface area contributed by atoms with Gasteiger partial charge < -0.3 is 9.73 Å². The second-order valence-corrected chi connectivity index (χ2v) is 6.02. The fourth-order valence-electron chi connectivity index (χ4n) is 2.58. The van der Waals surface area contributed by atoms with Gasteiger partial charge in [-0.1, -0.05) is 60.1 Å². The van der Waals surface area contributed by atoms with E-state index in [0.29, 0.717) is 11.6 Å². The molecule has 5 heteroatoms. The standard InChI is InChI=1S/C20H19ClN2O2/c21-17-10-5-4-9-16(17)13-22-19(24)14-23-20(18-11-6-12-25-18)15-7-2-1-3-8-15/h1-12,20,23H,13-14H2,(H,22,24)/t20-/m1/s1. The van der Waals surface area contributed by atoms with Crippen molar-refractivity contribution < 1.29 is 9.21 Å². The Morgan fingerprint density at radius 3 is 2.48 bits per heavy atom. The number of benzene rings is 2. The molecular weight excluding hydrogens is 336 g/mol. The van der Waals surface area contributed by atoms with Crippen molar-refractivity contribution >= 4 is 17.5 Å². The lowest BCUT2D eigenvalue weighted by atomic mass is 10.0. The topological polar surface area (TPSA) is 54.3 Å². The molecule has 2 N–H and O–H groups in total. The molecule has 0 unspecified atom stereocenters. The van der Waals surface area contributed by atoms with E-state index >= 15 is 0 Å². The van der Waals surface area contributed by atoms with E-state index in [-0.39, 0.29) is 18.5 Å². The summed E-state index contributed by atoms with van der Waals surface area (Å²) < 4.78 is 5.52. The van der Waals surface area contributed by atoms with Gasteiger partial charge in [-0.25, -0.2) is 0 Å². The van der Waals surface area contributed by atoms with Gasteiger partial charge in [-0.2, -0.15) is 0 Å². The zero-order valence-electron chi connectivity index (χ0n) is 13.6. The Hall–Kier alpha value is -2.56. The van der Waals surface area contributed by atoms with Crippen LogP contribution in [0, 0.1) is 0 Å². The lowest BCUT2D eigenvalue weighted by Gasteiger charge is -2.17. The van der Waals surface area contributed by atoms with E-state index in [4.69, 9.17) is 16.0 Å². The van der Waals surface area contributed by atoms with Crippen molar-refractivity contribution in [1.82, 2.24) is 10.6 Å². The molecule has 1 heterocycles. The summed E-state index contributed by atoms with van der Waals surface area (Å²) in [7, 11) is 0. The molecule has 0 spiro atoms. The summed E-state index contributed by atoms with van der Waals surface area (Å²) in [6, 6.07) is 20.9. The molecule has 0 radical (unpaired) electrons. The highest BCUT2D eigenvalue weighted by molar-refractivity contribution is 6.31. The van der Waals surface area contributed by atoms with Crippen molar-refractivity contribution in [1.29, 1.82) is 0 Å². The molecule has 1 aromatic heterocycles. The molecular formula is C20H19ClN2O2. The molecule has 0 fully saturated rings. The van der Waals surface area contributed by atoms with E-state index in [0.717, 1.165) is 16.9 Å². The van der Waals surface area contributed by atoms with Crippen LogP contribution in [0.4, 0.5) is 0 Å². The van der Waals surface area contributed by atoms with Gasteiger partial charge in [0.25, 0.3) is 0 Å². The van der Waals surface area contributed by atoms with Crippen LogP contribution >= 0.6 is 11.6 Å². The predicted molar refractivity (Wildman–Crippen MR) is 98.3 cm³/mol. The first-order valence-electron chi connectivity index (χ1n) is 8.06. The second kappa shape index (κ2) is 8.51. The summed E-state index contributed by atoms with van der Waals surface area (Å²) in [6.45, 7) is 0.571. The Morgan fingerprint density at radius 1 is 1.00 bits per heavy atom. The third-order valence-corrected chi connectivity index (χ3v) is 4.23. The van der Waals surface area contributed by atoms with Gasteiger partial charge in [-0.3, -0.25) is 10.1 Å². The molecule has 2 aromatic carbocycles. The van der Waals surface area contributed by atoms with Gasteiger partial charge in [-0.05, 0) is 29.3 Å². The monoisotopic (exact) mass is 354 g/mol. The molecule has 3 aromatic rings. The Morgan fingerprint density at radius 2 is 1.76 bits per heavy atom. The van der Waals surface area contributed by atoms with Gasteiger partial charge in [0, 0.05) is 11.6 Å². The van der Waals surface area contributed by atoms with E-state index in [1.54, 1.807) is 6.26 Å². The molecule has 3 rings (SSSR count). The Kier molecular flexibility index (Phi) is 5.88. The molecule has 25 heavy (non-hydrogen) atoms. The zero-order chi connectivity index (χ0) is 17.5. The molecule has 1 amide bonds. The minimum absolute atomic E-state index is 0.104. The summed E-state index contributed by atoms with van der Waals surface area (Å²) in [5.41, 5.74) is 1.93. The number of hydrogen-bond donors (Lipinski definition) is 2. The van der Waals surface area contributed by atoms with Crippen LogP contribution in [-0.4, -0.2) is 12.5 Å². The maximum Gasteiger partial charge on any atom is 0.234 e. The van der Waals surface area contributed by atoms with Crippen LogP contribution in [0.25, 0.3) is 0 Å². The Bertz CT molecular complexity index is 804. The SMILES string of the molecule is O=C(CN[C@H](c1ccccc1)c1ccco1)NCc1ccccc1Cl. The summed E-state index contributed by atoms with van der Waals surface area (Å²) in [4.78, 5) is 12.2. The average molecular weight is 355 g/mol. The largest absolute Gasteiger partial charge is 0.467 e. The van der Waals surface area contributed by atoms with Crippen LogP contribution in [0.15, 0.2) is 77.4 Å². The number of rotatable bonds is 7. The molecule has 0 aliphatic rings. The van der Waals surface area contributed by atoms with Crippen molar-refractivity contribution in [2.24, 2.45) is 0 Å². The molecule has 0 aliphatic heterocycles. The van der Waals surface area contributed by atoms with Crippen LogP contribution in [0.1, 0.15) is 22.9 Å². The second-order valence-electron chi connectivity index (χ2n) is 5.61. The third-order valence-electron chi connectivity index (χ3n) is 3.86. The number of nitrogens with one attached hydrogen (secondary N) is 2. The van der Waals surface area contributed by atoms with Crippen molar-refractivity contribution in [2.75, 3.05) is 6.54 Å². The summed E-state index contributed by atoms with van der Waals surface area (Å²) in [5, 5.41) is 6.77. The van der Waals surface area contributed by atoms with Crippen molar-refractivity contribution in [3.8, 4) is 0 Å². The van der Waals surface area contributed by atoms with Crippen molar-refractivity contribution in [2.45, 2.75) is 12.6 Å². The molecule has 0 aliphatic carbocycles. The van der Waals surface area contributed by atoms with Gasteiger partial charge in [0.2, 0.25) is 5.91 Å². The Balaban J connectivity index is 1.60. The summed E-state index contributed by atoms with van der Waals surface area (Å²) in [5.74, 6) is 0.664. The summed E-state index contributed by atoms with van der Waals surface area (Å²) in [6.07, 6.45) is 1.63. The minimum Gasteiger partial charge on any atom is -0.467 e. The molecule has 0 bridgehead atoms. The highest BCUT2D eigenvalue weighted by atomic mass is 35.5. The van der Waals surface area contributed by atoms with Crippen LogP contribution in [-0.2, 0) is 11.3 Å². The first-order valence-corrected chi connectivity index (χ1v) is 8.43. The predicted octanol–water partition coefficient (Wildman–Crippen LogP) is 3.93. The number of carbonyl (C=O) groups excluding carboxylic acids is 1. The first kappa shape index (κ1) is 17.3. The Labute approximate surface area is 151 Å². The highest BCUT2D eigenvalue weighted by Gasteiger charge is 2.17. The van der Waals surface area contributed by atoms with Gasteiger partial charge in [-0.15, -0.1) is 0 Å². The van der Waals surface area contributed by atoms with Crippen LogP contribution in [0.3, 0.4) is 0 Å². The number of carbonyl (C=O) groups is 1. The van der Waals surface area contributed by atoms with Gasteiger partial charge in [0.05, 0.1) is 18.8 Å². The number of furan rings is 1. The first-order chi connectivity index (χ1) is 12.2. The molecule has 128 valence electrons. The van der Waals surface area contributed by atoms with E-state index in [1.807, 2.05) is 66.7 Å². The normalized spacial score (nSPS) is 11.9. The average Bonchev–Trinajstić information content (AvgIpc) is 3.16. The van der Waals surface area contributed by atoms with Crippen LogP contribution in [0.2, 0.25) is 5.02 Å². The van der Waals surface area contributed by atoms with Crippen molar-refractivity contribution in [3.05, 3.63) is 94.9 Å². The summed E-state index contributed by atoms with van der Waals surface area (Å²) >= 11 is 6.10. The van der Waals surface area contributed by atoms with Gasteiger partial charge in [0.15, 0.2) is 0 Å². The third kappa shape index (κ3) is 4.72. The van der Waals surface area contributed by atoms with E-state index in [1.165, 1.54) is 0 Å². The molecule has 0 saturated carbocycles. The van der Waals surface area contributed by atoms with Crippen molar-refractivity contribution in [3.63, 3.8) is 0 Å². The number of halogens is 1. The van der Waals surface area contributed by atoms with Gasteiger partial charge >= 0.3 is 0 Å². The van der Waals surface area contributed by atoms with Crippen LogP contribution < -0.4 is 10.6 Å². The fourth-order valence-corrected chi connectivity index (χ4v) is 2.78. The van der Waals surface area contributed by atoms with E-state index in [9.17, 15) is 4.79 Å². The van der Waals surface area contributed by atoms with E-state index < -0.39 is 0 Å². The maximum atomic E-state index is 12.2. The molecule has 1 atom stereocenters. The smallest absolute Gasteiger partial charge is 0.234 e. The minimum atomic E-state index is -0.178. The number of amides is 1. The lowest BCUT2D eigenvalue weighted by Crippen LogP contribution is -2.35. The number of hydrogen-bond acceptors (Lipinski definition) is 3.